The van der Waals surface area contributed by atoms with E-state index in [1.54, 1.807) is 11.8 Å². The molecular formula is C14H21NO2S. The molecule has 1 amide bonds. The summed E-state index contributed by atoms with van der Waals surface area (Å²) in [6, 6.07) is 10.0. The molecule has 1 rings (SSSR count). The van der Waals surface area contributed by atoms with Crippen LogP contribution in [0.25, 0.3) is 0 Å². The zero-order valence-electron chi connectivity index (χ0n) is 10.8. The fraction of sp³-hybridized carbons (Fsp3) is 0.500. The number of thioether (sulfide) groups is 1. The van der Waals surface area contributed by atoms with E-state index in [-0.39, 0.29) is 5.91 Å². The van der Waals surface area contributed by atoms with Crippen molar-refractivity contribution in [2.45, 2.75) is 37.2 Å². The van der Waals surface area contributed by atoms with Crippen LogP contribution in [0, 0.1) is 0 Å². The van der Waals surface area contributed by atoms with Crippen LogP contribution >= 0.6 is 11.8 Å². The molecule has 0 aliphatic heterocycles. The first-order chi connectivity index (χ1) is 8.72. The minimum Gasteiger partial charge on any atom is -0.391 e. The van der Waals surface area contributed by atoms with Gasteiger partial charge in [0.1, 0.15) is 0 Å². The summed E-state index contributed by atoms with van der Waals surface area (Å²) in [6.07, 6.45) is 1.74. The molecule has 0 aliphatic rings. The van der Waals surface area contributed by atoms with E-state index in [4.69, 9.17) is 0 Å². The van der Waals surface area contributed by atoms with Crippen molar-refractivity contribution in [3.8, 4) is 0 Å². The van der Waals surface area contributed by atoms with E-state index < -0.39 is 6.10 Å². The molecule has 0 aromatic heterocycles. The number of carbonyl (C=O) groups is 1. The first-order valence-corrected chi connectivity index (χ1v) is 7.33. The minimum atomic E-state index is -0.416. The van der Waals surface area contributed by atoms with E-state index >= 15 is 0 Å². The van der Waals surface area contributed by atoms with Crippen molar-refractivity contribution in [1.29, 1.82) is 0 Å². The number of carbonyl (C=O) groups excluding carboxylic acids is 1. The third-order valence-corrected chi connectivity index (χ3v) is 3.51. The number of rotatable bonds is 8. The van der Waals surface area contributed by atoms with E-state index in [0.29, 0.717) is 13.0 Å². The van der Waals surface area contributed by atoms with Crippen molar-refractivity contribution >= 4 is 17.7 Å². The molecule has 4 heteroatoms. The van der Waals surface area contributed by atoms with Gasteiger partial charge in [-0.15, -0.1) is 11.8 Å². The fourth-order valence-electron chi connectivity index (χ4n) is 1.53. The average Bonchev–Trinajstić information content (AvgIpc) is 2.38. The summed E-state index contributed by atoms with van der Waals surface area (Å²) in [5.41, 5.74) is 0. The fourth-order valence-corrected chi connectivity index (χ4v) is 2.41. The maximum absolute atomic E-state index is 11.5. The zero-order chi connectivity index (χ0) is 13.2. The monoisotopic (exact) mass is 267 g/mol. The summed E-state index contributed by atoms with van der Waals surface area (Å²) >= 11 is 1.67. The van der Waals surface area contributed by atoms with Gasteiger partial charge in [0.2, 0.25) is 5.91 Å². The molecule has 1 aromatic rings. The van der Waals surface area contributed by atoms with Crippen LogP contribution in [0.15, 0.2) is 35.2 Å². The van der Waals surface area contributed by atoms with Crippen LogP contribution in [0.4, 0.5) is 0 Å². The van der Waals surface area contributed by atoms with Gasteiger partial charge in [-0.05, 0) is 18.6 Å². The van der Waals surface area contributed by atoms with Crippen molar-refractivity contribution in [3.63, 3.8) is 0 Å². The molecule has 2 N–H and O–H groups in total. The third kappa shape index (κ3) is 6.67. The number of benzene rings is 1. The van der Waals surface area contributed by atoms with Crippen molar-refractivity contribution < 1.29 is 9.90 Å². The second kappa shape index (κ2) is 9.00. The molecule has 0 aliphatic carbocycles. The summed E-state index contributed by atoms with van der Waals surface area (Å²) in [6.45, 7) is 2.38. The maximum atomic E-state index is 11.5. The van der Waals surface area contributed by atoms with Gasteiger partial charge in [-0.1, -0.05) is 31.5 Å². The Morgan fingerprint density at radius 1 is 1.39 bits per heavy atom. The number of aliphatic hydroxyl groups is 1. The van der Waals surface area contributed by atoms with Gasteiger partial charge in [0.05, 0.1) is 6.10 Å². The summed E-state index contributed by atoms with van der Waals surface area (Å²) in [5.74, 6) is 0.772. The van der Waals surface area contributed by atoms with Crippen molar-refractivity contribution in [2.24, 2.45) is 0 Å². The van der Waals surface area contributed by atoms with Crippen LogP contribution in [0.3, 0.4) is 0 Å². The molecule has 100 valence electrons. The first kappa shape index (κ1) is 15.1. The lowest BCUT2D eigenvalue weighted by molar-refractivity contribution is -0.121. The predicted molar refractivity (Wildman–Crippen MR) is 75.7 cm³/mol. The summed E-state index contributed by atoms with van der Waals surface area (Å²) in [4.78, 5) is 12.7. The van der Waals surface area contributed by atoms with Crippen LogP contribution in [-0.2, 0) is 4.79 Å². The number of hydrogen-bond acceptors (Lipinski definition) is 3. The van der Waals surface area contributed by atoms with Crippen LogP contribution in [0.5, 0.6) is 0 Å². The topological polar surface area (TPSA) is 49.3 Å². The Balaban J connectivity index is 2.10. The molecule has 0 saturated heterocycles. The van der Waals surface area contributed by atoms with Gasteiger partial charge in [0.25, 0.3) is 0 Å². The van der Waals surface area contributed by atoms with Gasteiger partial charge < -0.3 is 10.4 Å². The molecule has 18 heavy (non-hydrogen) atoms. The van der Waals surface area contributed by atoms with Crippen LogP contribution in [0.1, 0.15) is 26.2 Å². The number of aliphatic hydroxyl groups excluding tert-OH is 1. The Labute approximate surface area is 113 Å². The quantitative estimate of drug-likeness (QED) is 0.711. The van der Waals surface area contributed by atoms with Crippen molar-refractivity contribution in [2.75, 3.05) is 12.3 Å². The summed E-state index contributed by atoms with van der Waals surface area (Å²) in [7, 11) is 0. The number of hydrogen-bond donors (Lipinski definition) is 2. The Morgan fingerprint density at radius 2 is 2.11 bits per heavy atom. The van der Waals surface area contributed by atoms with Gasteiger partial charge in [0.15, 0.2) is 0 Å². The predicted octanol–water partition coefficient (Wildman–Crippen LogP) is 2.45. The lowest BCUT2D eigenvalue weighted by Crippen LogP contribution is -2.32. The highest BCUT2D eigenvalue weighted by molar-refractivity contribution is 7.99. The van der Waals surface area contributed by atoms with Crippen LogP contribution in [-0.4, -0.2) is 29.4 Å². The highest BCUT2D eigenvalue weighted by Gasteiger charge is 2.06. The largest absolute Gasteiger partial charge is 0.391 e. The molecule has 0 bridgehead atoms. The van der Waals surface area contributed by atoms with Crippen LogP contribution in [0.2, 0.25) is 0 Å². The number of amides is 1. The maximum Gasteiger partial charge on any atom is 0.220 e. The van der Waals surface area contributed by atoms with Crippen LogP contribution < -0.4 is 5.32 Å². The zero-order valence-corrected chi connectivity index (χ0v) is 11.6. The summed E-state index contributed by atoms with van der Waals surface area (Å²) < 4.78 is 0. The lowest BCUT2D eigenvalue weighted by atomic mass is 10.2. The molecule has 0 spiro atoms. The Bertz CT molecular complexity index is 343. The average molecular weight is 267 g/mol. The van der Waals surface area contributed by atoms with E-state index in [0.717, 1.165) is 18.6 Å². The molecule has 1 unspecified atom stereocenters. The molecule has 0 saturated carbocycles. The smallest absolute Gasteiger partial charge is 0.220 e. The SMILES string of the molecule is CCCC(O)CNC(=O)CCSc1ccccc1. The molecule has 3 nitrogen and oxygen atoms in total. The standard InChI is InChI=1S/C14H21NO2S/c1-2-6-12(16)11-15-14(17)9-10-18-13-7-4-3-5-8-13/h3-5,7-8,12,16H,2,6,9-11H2,1H3,(H,15,17). The first-order valence-electron chi connectivity index (χ1n) is 6.35. The van der Waals surface area contributed by atoms with Gasteiger partial charge >= 0.3 is 0 Å². The molecule has 0 heterocycles. The third-order valence-electron chi connectivity index (χ3n) is 2.50. The second-order valence-electron chi connectivity index (χ2n) is 4.16. The normalized spacial score (nSPS) is 12.1. The Kier molecular flexibility index (Phi) is 7.53. The van der Waals surface area contributed by atoms with Gasteiger partial charge in [-0.25, -0.2) is 0 Å². The lowest BCUT2D eigenvalue weighted by Gasteiger charge is -2.10. The molecule has 0 radical (unpaired) electrons. The number of nitrogens with one attached hydrogen (secondary N) is 1. The van der Waals surface area contributed by atoms with Gasteiger partial charge in [0, 0.05) is 23.6 Å². The van der Waals surface area contributed by atoms with Gasteiger partial charge in [-0.2, -0.15) is 0 Å². The highest BCUT2D eigenvalue weighted by atomic mass is 32.2. The minimum absolute atomic E-state index is 0.00795. The van der Waals surface area contributed by atoms with Crippen molar-refractivity contribution in [3.05, 3.63) is 30.3 Å². The van der Waals surface area contributed by atoms with E-state index in [1.165, 1.54) is 4.90 Å². The Morgan fingerprint density at radius 3 is 2.78 bits per heavy atom. The van der Waals surface area contributed by atoms with E-state index in [9.17, 15) is 9.90 Å². The van der Waals surface area contributed by atoms with E-state index in [2.05, 4.69) is 5.32 Å². The second-order valence-corrected chi connectivity index (χ2v) is 5.33. The Hall–Kier alpha value is -1.00. The van der Waals surface area contributed by atoms with Crippen molar-refractivity contribution in [1.82, 2.24) is 5.32 Å². The molecule has 1 atom stereocenters. The molecular weight excluding hydrogens is 246 g/mol. The summed E-state index contributed by atoms with van der Waals surface area (Å²) in [5, 5.41) is 12.2. The highest BCUT2D eigenvalue weighted by Crippen LogP contribution is 2.17. The molecule has 1 aromatic carbocycles. The van der Waals surface area contributed by atoms with Gasteiger partial charge in [-0.3, -0.25) is 4.79 Å². The molecule has 0 fully saturated rings. The van der Waals surface area contributed by atoms with E-state index in [1.807, 2.05) is 37.3 Å².